The van der Waals surface area contributed by atoms with Crippen LogP contribution in [-0.4, -0.2) is 35.3 Å². The zero-order valence-corrected chi connectivity index (χ0v) is 15.1. The molecule has 0 spiro atoms. The van der Waals surface area contributed by atoms with E-state index in [9.17, 15) is 9.59 Å². The van der Waals surface area contributed by atoms with Gasteiger partial charge in [-0.3, -0.25) is 14.9 Å². The van der Waals surface area contributed by atoms with E-state index in [1.807, 2.05) is 30.3 Å². The van der Waals surface area contributed by atoms with Crippen LogP contribution in [0.15, 0.2) is 59.7 Å². The van der Waals surface area contributed by atoms with Gasteiger partial charge in [0.1, 0.15) is 10.8 Å². The van der Waals surface area contributed by atoms with Crippen LogP contribution in [0.1, 0.15) is 5.56 Å². The van der Waals surface area contributed by atoms with Crippen LogP contribution in [0.2, 0.25) is 0 Å². The lowest BCUT2D eigenvalue weighted by molar-refractivity contribution is -0.136. The Hall–Kier alpha value is -3.59. The van der Waals surface area contributed by atoms with Crippen LogP contribution < -0.4 is 15.5 Å². The molecule has 136 valence electrons. The fourth-order valence-corrected chi connectivity index (χ4v) is 2.81. The minimum Gasteiger partial charge on any atom is -0.497 e. The molecule has 8 nitrogen and oxygen atoms in total. The Morgan fingerprint density at radius 2 is 1.89 bits per heavy atom. The Morgan fingerprint density at radius 1 is 1.07 bits per heavy atom. The summed E-state index contributed by atoms with van der Waals surface area (Å²) < 4.78 is 5.10. The van der Waals surface area contributed by atoms with Gasteiger partial charge in [-0.1, -0.05) is 53.8 Å². The van der Waals surface area contributed by atoms with Crippen LogP contribution in [0, 0.1) is 0 Å². The summed E-state index contributed by atoms with van der Waals surface area (Å²) in [6, 6.07) is 16.5. The van der Waals surface area contributed by atoms with Gasteiger partial charge in [0.25, 0.3) is 0 Å². The van der Waals surface area contributed by atoms with Crippen molar-refractivity contribution < 1.29 is 14.3 Å². The summed E-state index contributed by atoms with van der Waals surface area (Å²) in [6.07, 6.45) is 1.41. The van der Waals surface area contributed by atoms with E-state index in [2.05, 4.69) is 26.0 Å². The van der Waals surface area contributed by atoms with Crippen molar-refractivity contribution in [3.63, 3.8) is 0 Å². The van der Waals surface area contributed by atoms with Crippen molar-refractivity contribution in [3.05, 3.63) is 60.2 Å². The van der Waals surface area contributed by atoms with Crippen molar-refractivity contribution in [2.75, 3.05) is 12.4 Å². The molecule has 0 fully saturated rings. The number of rotatable bonds is 5. The van der Waals surface area contributed by atoms with Gasteiger partial charge >= 0.3 is 11.8 Å². The molecule has 9 heteroatoms. The average Bonchev–Trinajstić information content (AvgIpc) is 3.17. The Morgan fingerprint density at radius 3 is 2.67 bits per heavy atom. The second-order valence-corrected chi connectivity index (χ2v) is 6.19. The Balaban J connectivity index is 1.55. The SMILES string of the molecule is COc1cccc(/C=N\NC(=O)C(=O)Nc2nnc(-c3ccccc3)s2)c1. The number of hydrogen-bond acceptors (Lipinski definition) is 7. The van der Waals surface area contributed by atoms with Crippen molar-refractivity contribution >= 4 is 34.5 Å². The molecule has 0 unspecified atom stereocenters. The molecule has 0 aliphatic heterocycles. The zero-order valence-electron chi connectivity index (χ0n) is 14.2. The fraction of sp³-hybridized carbons (Fsp3) is 0.0556. The predicted molar refractivity (Wildman–Crippen MR) is 103 cm³/mol. The number of amides is 2. The van der Waals surface area contributed by atoms with Crippen LogP contribution in [0.4, 0.5) is 5.13 Å². The van der Waals surface area contributed by atoms with Gasteiger partial charge in [0, 0.05) is 5.56 Å². The number of carbonyl (C=O) groups excluding carboxylic acids is 2. The summed E-state index contributed by atoms with van der Waals surface area (Å²) >= 11 is 1.17. The number of anilines is 1. The van der Waals surface area contributed by atoms with Crippen LogP contribution in [0.3, 0.4) is 0 Å². The van der Waals surface area contributed by atoms with E-state index in [0.29, 0.717) is 16.3 Å². The monoisotopic (exact) mass is 381 g/mol. The standard InChI is InChI=1S/C18H15N5O3S/c1-26-14-9-5-6-12(10-14)11-19-21-16(25)15(24)20-18-23-22-17(27-18)13-7-3-2-4-8-13/h2-11H,1H3,(H,21,25)(H,20,23,24)/b19-11-. The molecule has 0 bridgehead atoms. The molecule has 27 heavy (non-hydrogen) atoms. The summed E-state index contributed by atoms with van der Waals surface area (Å²) in [4.78, 5) is 23.8. The first-order valence-corrected chi connectivity index (χ1v) is 8.65. The topological polar surface area (TPSA) is 106 Å². The molecule has 0 saturated heterocycles. The van der Waals surface area contributed by atoms with E-state index < -0.39 is 11.8 Å². The number of aromatic nitrogens is 2. The van der Waals surface area contributed by atoms with Gasteiger partial charge in [-0.15, -0.1) is 10.2 Å². The second kappa shape index (κ2) is 8.68. The smallest absolute Gasteiger partial charge is 0.329 e. The highest BCUT2D eigenvalue weighted by Gasteiger charge is 2.16. The first-order valence-electron chi connectivity index (χ1n) is 7.83. The molecule has 0 atom stereocenters. The van der Waals surface area contributed by atoms with E-state index in [-0.39, 0.29) is 5.13 Å². The third-order valence-electron chi connectivity index (χ3n) is 3.35. The molecular weight excluding hydrogens is 366 g/mol. The molecular formula is C18H15N5O3S. The van der Waals surface area contributed by atoms with Gasteiger partial charge in [-0.2, -0.15) is 5.10 Å². The van der Waals surface area contributed by atoms with Gasteiger partial charge < -0.3 is 4.74 Å². The number of carbonyl (C=O) groups is 2. The molecule has 2 aromatic carbocycles. The molecule has 0 aliphatic rings. The average molecular weight is 381 g/mol. The van der Waals surface area contributed by atoms with Crippen LogP contribution in [0.5, 0.6) is 5.75 Å². The highest BCUT2D eigenvalue weighted by Crippen LogP contribution is 2.25. The minimum absolute atomic E-state index is 0.228. The molecule has 2 N–H and O–H groups in total. The second-order valence-electron chi connectivity index (χ2n) is 5.21. The van der Waals surface area contributed by atoms with Gasteiger partial charge in [-0.05, 0) is 17.7 Å². The third-order valence-corrected chi connectivity index (χ3v) is 4.23. The first kappa shape index (κ1) is 18.2. The number of hydrogen-bond donors (Lipinski definition) is 2. The Labute approximate surface area is 158 Å². The summed E-state index contributed by atoms with van der Waals surface area (Å²) in [7, 11) is 1.55. The van der Waals surface area contributed by atoms with Gasteiger partial charge in [0.2, 0.25) is 5.13 Å². The predicted octanol–water partition coefficient (Wildman–Crippen LogP) is 2.30. The molecule has 1 aromatic heterocycles. The normalized spacial score (nSPS) is 10.6. The third kappa shape index (κ3) is 4.95. The molecule has 0 saturated carbocycles. The maximum absolute atomic E-state index is 11.9. The lowest BCUT2D eigenvalue weighted by Gasteiger charge is -2.01. The number of nitrogens with one attached hydrogen (secondary N) is 2. The van der Waals surface area contributed by atoms with E-state index >= 15 is 0 Å². The maximum Gasteiger partial charge on any atom is 0.329 e. The quantitative estimate of drug-likeness (QED) is 0.401. The van der Waals surface area contributed by atoms with Gasteiger partial charge in [0.15, 0.2) is 0 Å². The number of ether oxygens (including phenoxy) is 1. The van der Waals surface area contributed by atoms with Gasteiger partial charge in [-0.25, -0.2) is 5.43 Å². The number of nitrogens with zero attached hydrogens (tertiary/aromatic N) is 3. The molecule has 0 aliphatic carbocycles. The van der Waals surface area contributed by atoms with E-state index in [4.69, 9.17) is 4.74 Å². The van der Waals surface area contributed by atoms with E-state index in [1.54, 1.807) is 31.4 Å². The summed E-state index contributed by atoms with van der Waals surface area (Å²) in [5, 5.41) is 14.9. The lowest BCUT2D eigenvalue weighted by atomic mass is 10.2. The summed E-state index contributed by atoms with van der Waals surface area (Å²) in [5.41, 5.74) is 3.75. The van der Waals surface area contributed by atoms with Crippen molar-refractivity contribution in [1.29, 1.82) is 0 Å². The van der Waals surface area contributed by atoms with E-state index in [1.165, 1.54) is 17.6 Å². The van der Waals surface area contributed by atoms with Crippen molar-refractivity contribution in [2.45, 2.75) is 0 Å². The summed E-state index contributed by atoms with van der Waals surface area (Å²) in [5.74, 6) is -1.13. The lowest BCUT2D eigenvalue weighted by Crippen LogP contribution is -2.32. The van der Waals surface area contributed by atoms with Crippen molar-refractivity contribution in [3.8, 4) is 16.3 Å². The molecule has 2 amide bonds. The highest BCUT2D eigenvalue weighted by molar-refractivity contribution is 7.18. The van der Waals surface area contributed by atoms with Crippen LogP contribution in [0.25, 0.3) is 10.6 Å². The van der Waals surface area contributed by atoms with Crippen LogP contribution in [-0.2, 0) is 9.59 Å². The summed E-state index contributed by atoms with van der Waals surface area (Å²) in [6.45, 7) is 0. The Bertz CT molecular complexity index is 972. The van der Waals surface area contributed by atoms with Crippen molar-refractivity contribution in [2.24, 2.45) is 5.10 Å². The zero-order chi connectivity index (χ0) is 19.1. The fourth-order valence-electron chi connectivity index (χ4n) is 2.06. The highest BCUT2D eigenvalue weighted by atomic mass is 32.1. The largest absolute Gasteiger partial charge is 0.497 e. The molecule has 3 rings (SSSR count). The van der Waals surface area contributed by atoms with Gasteiger partial charge in [0.05, 0.1) is 13.3 Å². The molecule has 3 aromatic rings. The molecule has 0 radical (unpaired) electrons. The minimum atomic E-state index is -0.911. The molecule has 1 heterocycles. The first-order chi connectivity index (χ1) is 13.2. The Kier molecular flexibility index (Phi) is 5.85. The number of methoxy groups -OCH3 is 1. The van der Waals surface area contributed by atoms with Crippen molar-refractivity contribution in [1.82, 2.24) is 15.6 Å². The maximum atomic E-state index is 11.9. The number of benzene rings is 2. The number of hydrazone groups is 1. The van der Waals surface area contributed by atoms with Crippen LogP contribution >= 0.6 is 11.3 Å². The van der Waals surface area contributed by atoms with E-state index in [0.717, 1.165) is 5.56 Å².